The minimum Gasteiger partial charge on any atom is -0.456 e. The molecule has 570 valence electrons. The van der Waals surface area contributed by atoms with Crippen LogP contribution in [-0.4, -0.2) is 15.8 Å². The highest BCUT2D eigenvalue weighted by Crippen LogP contribution is 2.55. The van der Waals surface area contributed by atoms with Crippen molar-refractivity contribution in [1.29, 1.82) is 0 Å². The number of para-hydroxylation sites is 10. The Labute approximate surface area is 705 Å². The first-order valence-corrected chi connectivity index (χ1v) is 42.1. The molecule has 123 heavy (non-hydrogen) atoms. The first-order valence-electron chi connectivity index (χ1n) is 42.1. The number of hydrogen-bond donors (Lipinski definition) is 0. The van der Waals surface area contributed by atoms with E-state index in [2.05, 4.69) is 425 Å². The molecule has 27 rings (SSSR count). The summed E-state index contributed by atoms with van der Waals surface area (Å²) in [5.74, 6) is 0. The molecule has 0 fully saturated rings. The fraction of sp³-hybridized carbons (Fsp3) is 0. The van der Waals surface area contributed by atoms with Crippen LogP contribution >= 0.6 is 0 Å². The number of furan rings is 4. The maximum absolute atomic E-state index is 6.88. The first-order chi connectivity index (χ1) is 61.0. The second-order valence-corrected chi connectivity index (χ2v) is 32.8. The van der Waals surface area contributed by atoms with E-state index in [4.69, 9.17) is 17.7 Å². The van der Waals surface area contributed by atoms with Crippen LogP contribution in [0.1, 0.15) is 0 Å². The SMILES string of the molecule is c1cc(-c2ccc3c(c2)oc2ccccc23)c(N2c3cc(-c4ccc(-n5c6ccccc6c6ccccc65)cc4)ccc3B3c4ccc(-c5ccc(-n6c7ccccc7c7ccccc76)cc5)cc4N(c4c(-c5ccc6c(c5)oc5ccccc56)cccc4-c4ccc5c(c4)oc4ccccc45)c4cccc2c43)c(-c2ccc3c(c2)oc2ccccc23)c1. The van der Waals surface area contributed by atoms with Crippen molar-refractivity contribution in [2.24, 2.45) is 0 Å². The summed E-state index contributed by atoms with van der Waals surface area (Å²) >= 11 is 0. The smallest absolute Gasteiger partial charge is 0.252 e. The van der Waals surface area contributed by atoms with Crippen molar-refractivity contribution in [3.8, 4) is 78.1 Å². The summed E-state index contributed by atoms with van der Waals surface area (Å²) in [5, 5.41) is 13.5. The second kappa shape index (κ2) is 26.1. The van der Waals surface area contributed by atoms with E-state index in [1.54, 1.807) is 0 Å². The van der Waals surface area contributed by atoms with E-state index < -0.39 is 0 Å². The fourth-order valence-corrected chi connectivity index (χ4v) is 20.9. The lowest BCUT2D eigenvalue weighted by molar-refractivity contribution is 0.668. The van der Waals surface area contributed by atoms with Crippen molar-refractivity contribution >= 4 is 189 Å². The number of nitrogens with zero attached hydrogens (tertiary/aromatic N) is 4. The average molecular weight is 1570 g/mol. The van der Waals surface area contributed by atoms with Gasteiger partial charge in [-0.3, -0.25) is 0 Å². The summed E-state index contributed by atoms with van der Waals surface area (Å²) in [6, 6.07) is 149. The van der Waals surface area contributed by atoms with Crippen LogP contribution in [0, 0.1) is 0 Å². The van der Waals surface area contributed by atoms with Crippen LogP contribution in [0.25, 0.3) is 210 Å². The molecule has 2 aliphatic rings. The maximum atomic E-state index is 6.88. The molecule has 0 radical (unpaired) electrons. The van der Waals surface area contributed by atoms with E-state index in [0.717, 1.165) is 216 Å². The molecule has 0 amide bonds. The van der Waals surface area contributed by atoms with Gasteiger partial charge in [0.05, 0.1) is 33.4 Å². The zero-order valence-corrected chi connectivity index (χ0v) is 66.2. The van der Waals surface area contributed by atoms with E-state index in [-0.39, 0.29) is 6.71 Å². The predicted octanol–water partition coefficient (Wildman–Crippen LogP) is 29.6. The summed E-state index contributed by atoms with van der Waals surface area (Å²) in [7, 11) is 0. The van der Waals surface area contributed by atoms with Gasteiger partial charge < -0.3 is 36.6 Å². The van der Waals surface area contributed by atoms with Crippen LogP contribution in [0.2, 0.25) is 0 Å². The zero-order chi connectivity index (χ0) is 80.2. The van der Waals surface area contributed by atoms with Crippen molar-refractivity contribution in [1.82, 2.24) is 9.13 Å². The molecule has 0 N–H and O–H groups in total. The van der Waals surface area contributed by atoms with Crippen molar-refractivity contribution in [2.45, 2.75) is 0 Å². The highest BCUT2D eigenvalue weighted by molar-refractivity contribution is 7.00. The van der Waals surface area contributed by atoms with Crippen molar-refractivity contribution in [2.75, 3.05) is 9.80 Å². The molecule has 2 aliphatic heterocycles. The van der Waals surface area contributed by atoms with Gasteiger partial charge in [-0.2, -0.15) is 0 Å². The Hall–Kier alpha value is -16.4. The first kappa shape index (κ1) is 67.6. The topological polar surface area (TPSA) is 68.9 Å². The molecule has 25 aromatic rings. The fourth-order valence-electron chi connectivity index (χ4n) is 20.9. The quantitative estimate of drug-likeness (QED) is 0.127. The molecule has 19 aromatic carbocycles. The van der Waals surface area contributed by atoms with Gasteiger partial charge in [0, 0.05) is 121 Å². The van der Waals surface area contributed by atoms with Crippen LogP contribution in [0.3, 0.4) is 0 Å². The number of aromatic nitrogens is 2. The monoisotopic (exact) mass is 1570 g/mol. The van der Waals surface area contributed by atoms with Crippen LogP contribution in [0.15, 0.2) is 424 Å². The summed E-state index contributed by atoms with van der Waals surface area (Å²) in [4.78, 5) is 5.23. The van der Waals surface area contributed by atoms with Crippen molar-refractivity contribution in [3.63, 3.8) is 0 Å². The van der Waals surface area contributed by atoms with Crippen LogP contribution in [0.4, 0.5) is 34.1 Å². The average Bonchev–Trinajstić information content (AvgIpc) is 1.42. The third kappa shape index (κ3) is 10.1. The molecule has 0 atom stereocenters. The maximum Gasteiger partial charge on any atom is 0.252 e. The molecular weight excluding hydrogens is 1500 g/mol. The van der Waals surface area contributed by atoms with E-state index in [0.29, 0.717) is 0 Å². The van der Waals surface area contributed by atoms with Crippen LogP contribution < -0.4 is 26.2 Å². The van der Waals surface area contributed by atoms with E-state index >= 15 is 0 Å². The number of hydrogen-bond acceptors (Lipinski definition) is 6. The molecule has 6 aromatic heterocycles. The van der Waals surface area contributed by atoms with Crippen LogP contribution in [-0.2, 0) is 0 Å². The molecule has 0 aliphatic carbocycles. The Morgan fingerprint density at radius 2 is 0.439 bits per heavy atom. The van der Waals surface area contributed by atoms with E-state index in [9.17, 15) is 0 Å². The molecular formula is C114H67BN4O4. The standard InChI is InChI=1S/C114H67BN4O4/c1-9-32-96-82(20-1)83-21-2-10-33-97(83)116(96)76-52-42-68(43-53-76)70-50-60-94-102(62-70)118(113-78(72-46-56-90-86-24-5-13-38-104(86)120-108(90)64-72)28-17-29-79(113)73-47-57-91-87-25-6-14-39-105(87)121-109(91)65-73)100-36-19-37-101-112(100)115(94)95-61-51-71(69-44-54-77(55-45-69)117-98-34-11-3-22-84(98)85-23-4-12-35-99(85)117)63-103(95)119(101)114-80(74-48-58-92-88-26-7-15-40-106(88)122-110(92)66-74)30-18-31-81(114)75-49-59-93-89-27-8-16-41-107(89)123-111(93)67-75/h1-67H. The third-order valence-electron chi connectivity index (χ3n) is 26.4. The molecule has 8 heterocycles. The summed E-state index contributed by atoms with van der Waals surface area (Å²) in [6.45, 7) is -0.309. The van der Waals surface area contributed by atoms with Gasteiger partial charge in [-0.25, -0.2) is 0 Å². The Morgan fingerprint density at radius 3 is 0.756 bits per heavy atom. The summed E-state index contributed by atoms with van der Waals surface area (Å²) in [6.07, 6.45) is 0. The van der Waals surface area contributed by atoms with Gasteiger partial charge in [-0.1, -0.05) is 261 Å². The van der Waals surface area contributed by atoms with Crippen LogP contribution in [0.5, 0.6) is 0 Å². The molecule has 8 nitrogen and oxygen atoms in total. The Balaban J connectivity index is 0.734. The predicted molar refractivity (Wildman–Crippen MR) is 511 cm³/mol. The van der Waals surface area contributed by atoms with Gasteiger partial charge in [0.15, 0.2) is 0 Å². The molecule has 9 heteroatoms. The minimum absolute atomic E-state index is 0.309. The number of anilines is 6. The van der Waals surface area contributed by atoms with Crippen molar-refractivity contribution in [3.05, 3.63) is 406 Å². The Kier molecular flexibility index (Phi) is 14.3. The third-order valence-corrected chi connectivity index (χ3v) is 26.4. The molecule has 0 saturated carbocycles. The van der Waals surface area contributed by atoms with E-state index in [1.165, 1.54) is 43.6 Å². The Morgan fingerprint density at radius 1 is 0.179 bits per heavy atom. The second-order valence-electron chi connectivity index (χ2n) is 32.8. The number of fused-ring (bicyclic) bond motifs is 22. The molecule has 0 unspecified atom stereocenters. The molecule has 0 spiro atoms. The van der Waals surface area contributed by atoms with E-state index in [1.807, 2.05) is 0 Å². The number of benzene rings is 19. The van der Waals surface area contributed by atoms with Gasteiger partial charge in [-0.15, -0.1) is 0 Å². The zero-order valence-electron chi connectivity index (χ0n) is 66.2. The Bertz CT molecular complexity index is 7940. The molecule has 0 saturated heterocycles. The van der Waals surface area contributed by atoms with Gasteiger partial charge >= 0.3 is 0 Å². The summed E-state index contributed by atoms with van der Waals surface area (Å²) in [5.41, 5.74) is 35.7. The lowest BCUT2D eigenvalue weighted by Crippen LogP contribution is -2.61. The highest BCUT2D eigenvalue weighted by atomic mass is 16.3. The summed E-state index contributed by atoms with van der Waals surface area (Å²) < 4.78 is 32.3. The minimum atomic E-state index is -0.309. The van der Waals surface area contributed by atoms with Gasteiger partial charge in [0.2, 0.25) is 0 Å². The normalized spacial score (nSPS) is 12.7. The lowest BCUT2D eigenvalue weighted by Gasteiger charge is -2.45. The van der Waals surface area contributed by atoms with Gasteiger partial charge in [0.1, 0.15) is 44.7 Å². The number of rotatable bonds is 10. The van der Waals surface area contributed by atoms with Crippen molar-refractivity contribution < 1.29 is 17.7 Å². The largest absolute Gasteiger partial charge is 0.456 e. The van der Waals surface area contributed by atoms with Gasteiger partial charge in [-0.05, 0) is 206 Å². The molecule has 0 bridgehead atoms. The van der Waals surface area contributed by atoms with Gasteiger partial charge in [0.25, 0.3) is 6.71 Å². The lowest BCUT2D eigenvalue weighted by atomic mass is 9.33. The highest BCUT2D eigenvalue weighted by Gasteiger charge is 2.45.